The molecule has 0 spiro atoms. The Morgan fingerprint density at radius 2 is 1.82 bits per heavy atom. The van der Waals surface area contributed by atoms with Gasteiger partial charge in [0.2, 0.25) is 5.91 Å². The van der Waals surface area contributed by atoms with Gasteiger partial charge in [-0.25, -0.2) is 14.8 Å². The molecule has 9 nitrogen and oxygen atoms in total. The minimum atomic E-state index is -5.08. The highest BCUT2D eigenvalue weighted by atomic mass is 19.4. The molecule has 2 amide bonds. The highest BCUT2D eigenvalue weighted by Gasteiger charge is 2.38. The van der Waals surface area contributed by atoms with Gasteiger partial charge in [-0.1, -0.05) is 12.1 Å². The molecule has 3 aromatic rings. The topological polar surface area (TPSA) is 117 Å². The van der Waals surface area contributed by atoms with Crippen molar-refractivity contribution < 1.29 is 32.7 Å². The van der Waals surface area contributed by atoms with Gasteiger partial charge in [0.25, 0.3) is 5.91 Å². The maximum atomic E-state index is 12.9. The fourth-order valence-corrected chi connectivity index (χ4v) is 3.66. The Labute approximate surface area is 192 Å². The second-order valence-electron chi connectivity index (χ2n) is 7.57. The standard InChI is InChI=1S/C20H21N5O2.C2HF3O2/c1-13-7-5-10-17(21-13)22-20(27)18-15-8-3-4-11-25(15)19(23-18)16-9-6-12-24(16)14(2)26;3-2(4,5)1(6)7/h3-5,7-8,10-11,16H,6,9,12H2,1-2H3,(H,21,22,27);(H,6,7). The van der Waals surface area contributed by atoms with Gasteiger partial charge in [0, 0.05) is 25.4 Å². The predicted molar refractivity (Wildman–Crippen MR) is 115 cm³/mol. The Balaban J connectivity index is 0.000000406. The molecule has 4 heterocycles. The number of alkyl halides is 3. The van der Waals surface area contributed by atoms with Crippen molar-refractivity contribution in [3.63, 3.8) is 0 Å². The zero-order valence-electron chi connectivity index (χ0n) is 18.3. The third-order valence-electron chi connectivity index (χ3n) is 5.12. The van der Waals surface area contributed by atoms with Crippen molar-refractivity contribution >= 4 is 29.1 Å². The van der Waals surface area contributed by atoms with Crippen LogP contribution >= 0.6 is 0 Å². The van der Waals surface area contributed by atoms with E-state index in [-0.39, 0.29) is 17.9 Å². The van der Waals surface area contributed by atoms with E-state index >= 15 is 0 Å². The van der Waals surface area contributed by atoms with E-state index in [0.717, 1.165) is 30.9 Å². The van der Waals surface area contributed by atoms with E-state index in [1.807, 2.05) is 52.8 Å². The van der Waals surface area contributed by atoms with Gasteiger partial charge in [0.15, 0.2) is 5.69 Å². The fraction of sp³-hybridized carbons (Fsp3) is 0.318. The number of carboxylic acid groups (broad SMARTS) is 1. The van der Waals surface area contributed by atoms with Gasteiger partial charge in [0.1, 0.15) is 11.6 Å². The first-order chi connectivity index (χ1) is 16.0. The van der Waals surface area contributed by atoms with Gasteiger partial charge >= 0.3 is 12.1 Å². The summed E-state index contributed by atoms with van der Waals surface area (Å²) in [7, 11) is 0. The number of carbonyl (C=O) groups is 3. The van der Waals surface area contributed by atoms with E-state index < -0.39 is 12.1 Å². The van der Waals surface area contributed by atoms with Crippen LogP contribution in [0.1, 0.15) is 47.8 Å². The number of hydrogen-bond donors (Lipinski definition) is 2. The average molecular weight is 477 g/mol. The summed E-state index contributed by atoms with van der Waals surface area (Å²) in [5.41, 5.74) is 1.88. The SMILES string of the molecule is CC(=O)N1CCCC1c1nc(C(=O)Nc2cccc(C)n2)c2ccccn12.O=C(O)C(F)(F)F. The van der Waals surface area contributed by atoms with Crippen molar-refractivity contribution in [2.75, 3.05) is 11.9 Å². The molecule has 0 aliphatic carbocycles. The first-order valence-corrected chi connectivity index (χ1v) is 10.3. The van der Waals surface area contributed by atoms with Crippen molar-refractivity contribution in [2.24, 2.45) is 0 Å². The second-order valence-corrected chi connectivity index (χ2v) is 7.57. The minimum Gasteiger partial charge on any atom is -0.475 e. The van der Waals surface area contributed by atoms with Gasteiger partial charge in [-0.15, -0.1) is 0 Å². The van der Waals surface area contributed by atoms with Crippen LogP contribution < -0.4 is 5.32 Å². The molecule has 1 fully saturated rings. The van der Waals surface area contributed by atoms with Crippen LogP contribution in [0, 0.1) is 6.92 Å². The molecule has 12 heteroatoms. The molecule has 1 aliphatic heterocycles. The van der Waals surface area contributed by atoms with E-state index in [0.29, 0.717) is 17.0 Å². The number of halogens is 3. The number of aromatic nitrogens is 3. The third kappa shape index (κ3) is 5.50. The van der Waals surface area contributed by atoms with E-state index in [1.165, 1.54) is 0 Å². The molecule has 4 rings (SSSR count). The number of imidazole rings is 1. The minimum absolute atomic E-state index is 0.0279. The van der Waals surface area contributed by atoms with Gasteiger partial charge in [-0.2, -0.15) is 13.2 Å². The highest BCUT2D eigenvalue weighted by Crippen LogP contribution is 2.32. The molecule has 1 unspecified atom stereocenters. The van der Waals surface area contributed by atoms with Gasteiger partial charge < -0.3 is 19.7 Å². The average Bonchev–Trinajstić information content (AvgIpc) is 3.38. The van der Waals surface area contributed by atoms with Crippen LogP contribution in [0.25, 0.3) is 5.52 Å². The fourth-order valence-electron chi connectivity index (χ4n) is 3.66. The highest BCUT2D eigenvalue weighted by molar-refractivity contribution is 6.07. The largest absolute Gasteiger partial charge is 0.490 e. The number of aryl methyl sites for hydroxylation is 1. The van der Waals surface area contributed by atoms with E-state index in [1.54, 1.807) is 13.0 Å². The number of nitrogens with one attached hydrogen (secondary N) is 1. The molecule has 180 valence electrons. The maximum absolute atomic E-state index is 12.9. The molecule has 3 aromatic heterocycles. The number of likely N-dealkylation sites (tertiary alicyclic amines) is 1. The predicted octanol–water partition coefficient (Wildman–Crippen LogP) is 3.61. The molecule has 0 bridgehead atoms. The Morgan fingerprint density at radius 1 is 1.12 bits per heavy atom. The van der Waals surface area contributed by atoms with Crippen molar-refractivity contribution in [1.82, 2.24) is 19.3 Å². The lowest BCUT2D eigenvalue weighted by molar-refractivity contribution is -0.192. The second kappa shape index (κ2) is 9.89. The Hall–Kier alpha value is -3.96. The Morgan fingerprint density at radius 3 is 2.44 bits per heavy atom. The summed E-state index contributed by atoms with van der Waals surface area (Å²) in [5, 5.41) is 9.95. The number of nitrogens with zero attached hydrogens (tertiary/aromatic N) is 4. The maximum Gasteiger partial charge on any atom is 0.490 e. The molecule has 34 heavy (non-hydrogen) atoms. The summed E-state index contributed by atoms with van der Waals surface area (Å²) >= 11 is 0. The summed E-state index contributed by atoms with van der Waals surface area (Å²) in [6.07, 6.45) is -1.43. The van der Waals surface area contributed by atoms with E-state index in [9.17, 15) is 22.8 Å². The number of anilines is 1. The summed E-state index contributed by atoms with van der Waals surface area (Å²) in [6, 6.07) is 11.0. The van der Waals surface area contributed by atoms with E-state index in [2.05, 4.69) is 15.3 Å². The number of amides is 2. The number of aliphatic carboxylic acids is 1. The zero-order valence-corrected chi connectivity index (χ0v) is 18.3. The van der Waals surface area contributed by atoms with Crippen LogP contribution in [0.4, 0.5) is 19.0 Å². The molecule has 0 saturated carbocycles. The van der Waals surface area contributed by atoms with Crippen LogP contribution in [-0.2, 0) is 9.59 Å². The first kappa shape index (κ1) is 24.7. The Kier molecular flexibility index (Phi) is 7.18. The van der Waals surface area contributed by atoms with Crippen LogP contribution in [0.2, 0.25) is 0 Å². The molecule has 0 aromatic carbocycles. The summed E-state index contributed by atoms with van der Waals surface area (Å²) < 4.78 is 33.6. The number of carbonyl (C=O) groups excluding carboxylic acids is 2. The lowest BCUT2D eigenvalue weighted by atomic mass is 10.2. The Bertz CT molecular complexity index is 1220. The summed E-state index contributed by atoms with van der Waals surface area (Å²) in [6.45, 7) is 4.16. The van der Waals surface area contributed by atoms with Crippen LogP contribution in [-0.4, -0.2) is 54.9 Å². The number of rotatable bonds is 3. The van der Waals surface area contributed by atoms with Crippen molar-refractivity contribution in [2.45, 2.75) is 38.9 Å². The molecule has 1 saturated heterocycles. The zero-order chi connectivity index (χ0) is 25.0. The van der Waals surface area contributed by atoms with Crippen molar-refractivity contribution in [1.29, 1.82) is 0 Å². The summed E-state index contributed by atoms with van der Waals surface area (Å²) in [4.78, 5) is 44.5. The number of carboxylic acids is 1. The number of pyridine rings is 2. The lowest BCUT2D eigenvalue weighted by Crippen LogP contribution is -2.29. The molecular weight excluding hydrogens is 455 g/mol. The van der Waals surface area contributed by atoms with Crippen molar-refractivity contribution in [3.05, 3.63) is 59.8 Å². The van der Waals surface area contributed by atoms with Crippen LogP contribution in [0.15, 0.2) is 42.6 Å². The van der Waals surface area contributed by atoms with Gasteiger partial charge in [-0.05, 0) is 44.0 Å². The van der Waals surface area contributed by atoms with Crippen LogP contribution in [0.5, 0.6) is 0 Å². The number of hydrogen-bond acceptors (Lipinski definition) is 5. The smallest absolute Gasteiger partial charge is 0.475 e. The monoisotopic (exact) mass is 477 g/mol. The normalized spacial score (nSPS) is 15.6. The molecule has 0 radical (unpaired) electrons. The lowest BCUT2D eigenvalue weighted by Gasteiger charge is -2.22. The van der Waals surface area contributed by atoms with Gasteiger partial charge in [0.05, 0.1) is 11.6 Å². The quantitative estimate of drug-likeness (QED) is 0.595. The molecule has 1 aliphatic rings. The first-order valence-electron chi connectivity index (χ1n) is 10.3. The molecular formula is C22H22F3N5O4. The van der Waals surface area contributed by atoms with Crippen LogP contribution in [0.3, 0.4) is 0 Å². The van der Waals surface area contributed by atoms with Gasteiger partial charge in [-0.3, -0.25) is 9.59 Å². The number of fused-ring (bicyclic) bond motifs is 1. The third-order valence-corrected chi connectivity index (χ3v) is 5.12. The summed E-state index contributed by atoms with van der Waals surface area (Å²) in [5.74, 6) is -1.83. The molecule has 2 N–H and O–H groups in total. The van der Waals surface area contributed by atoms with E-state index in [4.69, 9.17) is 9.90 Å². The van der Waals surface area contributed by atoms with Crippen molar-refractivity contribution in [3.8, 4) is 0 Å². The molecule has 1 atom stereocenters.